The molecule has 0 amide bonds. The maximum absolute atomic E-state index is 13.8. The monoisotopic (exact) mass is 347 g/mol. The van der Waals surface area contributed by atoms with Gasteiger partial charge in [0.05, 0.1) is 4.47 Å². The van der Waals surface area contributed by atoms with E-state index in [-0.39, 0.29) is 40.1 Å². The predicted octanol–water partition coefficient (Wildman–Crippen LogP) is 3.99. The van der Waals surface area contributed by atoms with E-state index in [9.17, 15) is 13.6 Å². The second-order valence-electron chi connectivity index (χ2n) is 6.27. The van der Waals surface area contributed by atoms with Crippen LogP contribution in [0, 0.1) is 17.0 Å². The largest absolute Gasteiger partial charge is 0.327 e. The number of Topliss-reactive ketones (excluding diaryl/α,β-unsaturated/α-hetero) is 1. The van der Waals surface area contributed by atoms with Crippen LogP contribution in [-0.2, 0) is 11.2 Å². The molecule has 1 unspecified atom stereocenters. The molecule has 1 aromatic rings. The molecule has 0 radical (unpaired) electrons. The van der Waals surface area contributed by atoms with Gasteiger partial charge in [-0.25, -0.2) is 8.78 Å². The van der Waals surface area contributed by atoms with E-state index in [2.05, 4.69) is 15.9 Å². The number of ketones is 1. The molecule has 0 heterocycles. The Morgan fingerprint density at radius 1 is 1.35 bits per heavy atom. The van der Waals surface area contributed by atoms with Gasteiger partial charge in [-0.2, -0.15) is 0 Å². The molecule has 1 atom stereocenters. The van der Waals surface area contributed by atoms with E-state index in [1.54, 1.807) is 0 Å². The van der Waals surface area contributed by atoms with Crippen LogP contribution < -0.4 is 5.73 Å². The van der Waals surface area contributed by atoms with Gasteiger partial charge in [0, 0.05) is 24.4 Å². The first-order valence-corrected chi connectivity index (χ1v) is 7.29. The molecule has 0 aliphatic carbocycles. The van der Waals surface area contributed by atoms with Gasteiger partial charge >= 0.3 is 0 Å². The molecule has 0 saturated heterocycles. The Balaban J connectivity index is 2.70. The minimum Gasteiger partial charge on any atom is -0.327 e. The van der Waals surface area contributed by atoms with Gasteiger partial charge in [0.2, 0.25) is 0 Å². The molecular weight excluding hydrogens is 328 g/mol. The van der Waals surface area contributed by atoms with Crippen LogP contribution in [-0.4, -0.2) is 11.8 Å². The van der Waals surface area contributed by atoms with Gasteiger partial charge in [0.15, 0.2) is 0 Å². The molecule has 0 bridgehead atoms. The summed E-state index contributed by atoms with van der Waals surface area (Å²) < 4.78 is 27.5. The minimum absolute atomic E-state index is 0.0198. The van der Waals surface area contributed by atoms with E-state index in [1.807, 2.05) is 20.8 Å². The first-order chi connectivity index (χ1) is 9.10. The van der Waals surface area contributed by atoms with E-state index < -0.39 is 11.6 Å². The van der Waals surface area contributed by atoms with Crippen LogP contribution in [0.25, 0.3) is 0 Å². The Hall–Kier alpha value is -0.810. The number of carbonyl (C=O) groups is 1. The summed E-state index contributed by atoms with van der Waals surface area (Å²) in [6.45, 7) is 6.10. The highest BCUT2D eigenvalue weighted by Gasteiger charge is 2.20. The molecule has 1 aromatic carbocycles. The normalized spacial score (nSPS) is 13.3. The Morgan fingerprint density at radius 3 is 2.50 bits per heavy atom. The first kappa shape index (κ1) is 17.2. The van der Waals surface area contributed by atoms with Crippen molar-refractivity contribution in [1.29, 1.82) is 0 Å². The SMILES string of the molecule is CC(C)(C)CC(N)CC(=O)Cc1c(F)ccc(Br)c1F. The van der Waals surface area contributed by atoms with Crippen LogP contribution >= 0.6 is 15.9 Å². The zero-order valence-corrected chi connectivity index (χ0v) is 13.6. The third kappa shape index (κ3) is 5.29. The van der Waals surface area contributed by atoms with E-state index in [1.165, 1.54) is 6.07 Å². The second-order valence-corrected chi connectivity index (χ2v) is 7.12. The smallest absolute Gasteiger partial charge is 0.143 e. The van der Waals surface area contributed by atoms with Crippen molar-refractivity contribution in [3.05, 3.63) is 33.8 Å². The molecular formula is C15H20BrF2NO. The summed E-state index contributed by atoms with van der Waals surface area (Å²) in [5.74, 6) is -1.68. The predicted molar refractivity (Wildman–Crippen MR) is 79.4 cm³/mol. The summed E-state index contributed by atoms with van der Waals surface area (Å²) in [6, 6.07) is 2.13. The zero-order valence-electron chi connectivity index (χ0n) is 12.0. The van der Waals surface area contributed by atoms with Gasteiger partial charge in [-0.3, -0.25) is 4.79 Å². The van der Waals surface area contributed by atoms with Crippen molar-refractivity contribution in [3.63, 3.8) is 0 Å². The van der Waals surface area contributed by atoms with Crippen molar-refractivity contribution in [3.8, 4) is 0 Å². The lowest BCUT2D eigenvalue weighted by atomic mass is 9.86. The Labute approximate surface area is 126 Å². The number of benzene rings is 1. The molecule has 0 aromatic heterocycles. The summed E-state index contributed by atoms with van der Waals surface area (Å²) in [4.78, 5) is 11.9. The van der Waals surface area contributed by atoms with E-state index >= 15 is 0 Å². The van der Waals surface area contributed by atoms with Crippen LogP contribution in [0.1, 0.15) is 39.2 Å². The summed E-state index contributed by atoms with van der Waals surface area (Å²) >= 11 is 2.98. The average molecular weight is 348 g/mol. The molecule has 0 aliphatic rings. The highest BCUT2D eigenvalue weighted by Crippen LogP contribution is 2.24. The van der Waals surface area contributed by atoms with Crippen molar-refractivity contribution in [2.75, 3.05) is 0 Å². The Morgan fingerprint density at radius 2 is 1.95 bits per heavy atom. The van der Waals surface area contributed by atoms with Crippen molar-refractivity contribution in [2.45, 2.75) is 46.1 Å². The van der Waals surface area contributed by atoms with E-state index in [4.69, 9.17) is 5.73 Å². The quantitative estimate of drug-likeness (QED) is 0.818. The minimum atomic E-state index is -0.720. The maximum atomic E-state index is 13.8. The summed E-state index contributed by atoms with van der Waals surface area (Å²) in [7, 11) is 0. The van der Waals surface area contributed by atoms with Crippen LogP contribution in [0.5, 0.6) is 0 Å². The lowest BCUT2D eigenvalue weighted by Gasteiger charge is -2.22. The molecule has 5 heteroatoms. The number of carbonyl (C=O) groups excluding carboxylic acids is 1. The molecule has 2 nitrogen and oxygen atoms in total. The maximum Gasteiger partial charge on any atom is 0.143 e. The number of hydrogen-bond acceptors (Lipinski definition) is 2. The molecule has 0 fully saturated rings. The van der Waals surface area contributed by atoms with Gasteiger partial charge in [-0.05, 0) is 39.9 Å². The Bertz CT molecular complexity index is 497. The topological polar surface area (TPSA) is 43.1 Å². The van der Waals surface area contributed by atoms with Crippen molar-refractivity contribution in [1.82, 2.24) is 0 Å². The van der Waals surface area contributed by atoms with Gasteiger partial charge in [0.25, 0.3) is 0 Å². The standard InChI is InChI=1S/C15H20BrF2NO/c1-15(2,3)8-9(19)6-10(20)7-11-13(17)5-4-12(16)14(11)18/h4-5,9H,6-8,19H2,1-3H3. The second kappa shape index (κ2) is 6.76. The molecule has 20 heavy (non-hydrogen) atoms. The lowest BCUT2D eigenvalue weighted by molar-refractivity contribution is -0.118. The Kier molecular flexibility index (Phi) is 5.83. The molecule has 1 rings (SSSR count). The van der Waals surface area contributed by atoms with E-state index in [0.717, 1.165) is 6.07 Å². The molecule has 0 aliphatic heterocycles. The van der Waals surface area contributed by atoms with Crippen molar-refractivity contribution in [2.24, 2.45) is 11.1 Å². The van der Waals surface area contributed by atoms with Crippen LogP contribution in [0.4, 0.5) is 8.78 Å². The van der Waals surface area contributed by atoms with E-state index in [0.29, 0.717) is 6.42 Å². The average Bonchev–Trinajstić information content (AvgIpc) is 2.27. The highest BCUT2D eigenvalue weighted by atomic mass is 79.9. The molecule has 112 valence electrons. The van der Waals surface area contributed by atoms with Crippen molar-refractivity contribution < 1.29 is 13.6 Å². The fourth-order valence-electron chi connectivity index (χ4n) is 2.15. The fraction of sp³-hybridized carbons (Fsp3) is 0.533. The third-order valence-electron chi connectivity index (χ3n) is 2.88. The first-order valence-electron chi connectivity index (χ1n) is 6.50. The molecule has 0 saturated carbocycles. The van der Waals surface area contributed by atoms with Crippen LogP contribution in [0.3, 0.4) is 0 Å². The summed E-state index contributed by atoms with van der Waals surface area (Å²) in [5.41, 5.74) is 5.72. The molecule has 0 spiro atoms. The number of rotatable bonds is 5. The highest BCUT2D eigenvalue weighted by molar-refractivity contribution is 9.10. The number of halogens is 3. The molecule has 2 N–H and O–H groups in total. The fourth-order valence-corrected chi connectivity index (χ4v) is 2.52. The van der Waals surface area contributed by atoms with Gasteiger partial charge in [0.1, 0.15) is 17.4 Å². The zero-order chi connectivity index (χ0) is 15.5. The van der Waals surface area contributed by atoms with Gasteiger partial charge in [-0.15, -0.1) is 0 Å². The van der Waals surface area contributed by atoms with Crippen LogP contribution in [0.2, 0.25) is 0 Å². The lowest BCUT2D eigenvalue weighted by Crippen LogP contribution is -2.29. The number of nitrogens with two attached hydrogens (primary N) is 1. The van der Waals surface area contributed by atoms with Gasteiger partial charge < -0.3 is 5.73 Å². The summed E-state index contributed by atoms with van der Waals surface area (Å²) in [6.07, 6.45) is 0.541. The third-order valence-corrected chi connectivity index (χ3v) is 3.49. The van der Waals surface area contributed by atoms with Crippen LogP contribution in [0.15, 0.2) is 16.6 Å². The van der Waals surface area contributed by atoms with Crippen molar-refractivity contribution >= 4 is 21.7 Å². The van der Waals surface area contributed by atoms with Gasteiger partial charge in [-0.1, -0.05) is 20.8 Å². The summed E-state index contributed by atoms with van der Waals surface area (Å²) in [5, 5.41) is 0. The number of hydrogen-bond donors (Lipinski definition) is 1.